The van der Waals surface area contributed by atoms with Gasteiger partial charge in [0.2, 0.25) is 0 Å². The molecule has 0 aromatic rings. The summed E-state index contributed by atoms with van der Waals surface area (Å²) in [6.07, 6.45) is 0. The minimum absolute atomic E-state index is 0.00994. The van der Waals surface area contributed by atoms with Gasteiger partial charge in [-0.2, -0.15) is 5.26 Å². The van der Waals surface area contributed by atoms with Gasteiger partial charge in [-0.05, 0) is 6.92 Å². The van der Waals surface area contributed by atoms with Crippen LogP contribution in [0.4, 0.5) is 0 Å². The summed E-state index contributed by atoms with van der Waals surface area (Å²) in [5.41, 5.74) is -0.486. The monoisotopic (exact) mass is 493 g/mol. The van der Waals surface area contributed by atoms with E-state index in [1.807, 2.05) is 0 Å². The maximum atomic E-state index is 12.0. The topological polar surface area (TPSA) is 50.1 Å². The lowest BCUT2D eigenvalue weighted by Crippen LogP contribution is -2.33. The zero-order chi connectivity index (χ0) is 17.0. The number of alkyl halides is 4. The lowest BCUT2D eigenvalue weighted by molar-refractivity contribution is -0.138. The Labute approximate surface area is 161 Å². The number of nitriles is 1. The Kier molecular flexibility index (Phi) is 8.49. The molecule has 0 saturated heterocycles. The molecule has 0 radical (unpaired) electrons. The van der Waals surface area contributed by atoms with Crippen molar-refractivity contribution >= 4 is 86.3 Å². The quantitative estimate of drug-likeness (QED) is 0.181. The number of ether oxygens (including phenoxy) is 1. The summed E-state index contributed by atoms with van der Waals surface area (Å²) in [7, 11) is 0. The summed E-state index contributed by atoms with van der Waals surface area (Å²) in [5, 5.41) is 9.31. The number of hydrogen-bond donors (Lipinski definition) is 2. The van der Waals surface area contributed by atoms with Crippen LogP contribution in [0.25, 0.3) is 0 Å². The number of thiol groups is 2. The smallest absolute Gasteiger partial charge is 0.349 e. The summed E-state index contributed by atoms with van der Waals surface area (Å²) in [4.78, 5) is 12.2. The van der Waals surface area contributed by atoms with E-state index in [2.05, 4.69) is 70.3 Å². The highest BCUT2D eigenvalue weighted by Gasteiger charge is 2.47. The average Bonchev–Trinajstić information content (AvgIpc) is 2.34. The highest BCUT2D eigenvalue weighted by molar-refractivity contribution is 9.25. The van der Waals surface area contributed by atoms with Gasteiger partial charge in [-0.25, -0.2) is 4.79 Å². The summed E-state index contributed by atoms with van der Waals surface area (Å²) in [6, 6.07) is 1.73. The molecule has 0 aromatic heterocycles. The summed E-state index contributed by atoms with van der Waals surface area (Å²) < 4.78 is 1.65. The molecule has 0 amide bonds. The molecule has 0 fully saturated rings. The van der Waals surface area contributed by atoms with Crippen LogP contribution in [-0.2, 0) is 9.53 Å². The first-order valence-corrected chi connectivity index (χ1v) is 8.52. The number of rotatable bonds is 6. The fourth-order valence-electron chi connectivity index (χ4n) is 1.21. The molecule has 9 heteroatoms. The van der Waals surface area contributed by atoms with E-state index < -0.39 is 19.1 Å². The number of halogens is 4. The van der Waals surface area contributed by atoms with E-state index in [4.69, 9.17) is 27.9 Å². The molecule has 0 aliphatic heterocycles. The molecule has 0 aliphatic carbocycles. The van der Waals surface area contributed by atoms with Crippen molar-refractivity contribution in [2.75, 3.05) is 6.61 Å². The highest BCUT2D eigenvalue weighted by atomic mass is 79.9. The van der Waals surface area contributed by atoms with Crippen molar-refractivity contribution in [3.63, 3.8) is 0 Å². The summed E-state index contributed by atoms with van der Waals surface area (Å²) in [5.74, 6) is -0.881. The number of allylic oxidation sites excluding steroid dienone is 3. The van der Waals surface area contributed by atoms with Crippen LogP contribution in [0.1, 0.15) is 6.92 Å². The third-order valence-electron chi connectivity index (χ3n) is 2.19. The number of hydrogen-bond acceptors (Lipinski definition) is 5. The maximum Gasteiger partial charge on any atom is 0.349 e. The normalized spacial score (nSPS) is 13.0. The zero-order valence-corrected chi connectivity index (χ0v) is 17.3. The van der Waals surface area contributed by atoms with Crippen LogP contribution >= 0.6 is 80.3 Å². The highest BCUT2D eigenvalue weighted by Crippen LogP contribution is 2.54. The Morgan fingerprint density at radius 2 is 1.81 bits per heavy atom. The molecule has 21 heavy (non-hydrogen) atoms. The van der Waals surface area contributed by atoms with Crippen molar-refractivity contribution in [1.29, 1.82) is 5.26 Å². The number of esters is 1. The Balaban J connectivity index is 6.57. The van der Waals surface area contributed by atoms with Crippen molar-refractivity contribution < 1.29 is 9.53 Å². The van der Waals surface area contributed by atoms with Crippen LogP contribution < -0.4 is 0 Å². The van der Waals surface area contributed by atoms with E-state index in [1.165, 1.54) is 0 Å². The van der Waals surface area contributed by atoms with Crippen LogP contribution in [0, 0.1) is 11.3 Å². The first-order valence-electron chi connectivity index (χ1n) is 5.29. The molecule has 0 saturated carbocycles. The van der Waals surface area contributed by atoms with Crippen LogP contribution in [-0.4, -0.2) is 20.1 Å². The van der Waals surface area contributed by atoms with Gasteiger partial charge in [0.25, 0.3) is 0 Å². The van der Waals surface area contributed by atoms with Crippen molar-refractivity contribution in [2.45, 2.75) is 14.5 Å². The number of carbonyl (C=O) groups excluding carboxylic acids is 1. The summed E-state index contributed by atoms with van der Waals surface area (Å²) in [6.45, 7) is 8.88. The molecule has 0 aromatic carbocycles. The number of carbonyl (C=O) groups is 1. The Morgan fingerprint density at radius 1 is 1.33 bits per heavy atom. The lowest BCUT2D eigenvalue weighted by Gasteiger charge is -2.33. The average molecular weight is 496 g/mol. The largest absolute Gasteiger partial charge is 0.462 e. The first-order chi connectivity index (χ1) is 9.44. The first kappa shape index (κ1) is 21.4. The Morgan fingerprint density at radius 3 is 2.10 bits per heavy atom. The summed E-state index contributed by atoms with van der Waals surface area (Å²) >= 11 is 27.1. The van der Waals surface area contributed by atoms with Crippen LogP contribution in [0.15, 0.2) is 34.1 Å². The van der Waals surface area contributed by atoms with Gasteiger partial charge in [0.15, 0.2) is 4.33 Å². The maximum absolute atomic E-state index is 12.0. The molecule has 0 bridgehead atoms. The van der Waals surface area contributed by atoms with Gasteiger partial charge in [0.1, 0.15) is 14.9 Å². The third kappa shape index (κ3) is 4.95. The van der Waals surface area contributed by atoms with Crippen molar-refractivity contribution in [3.05, 3.63) is 34.1 Å². The second-order valence-electron chi connectivity index (χ2n) is 3.62. The molecule has 0 atom stereocenters. The second-order valence-corrected chi connectivity index (χ2v) is 9.47. The molecular formula is C12H11Br2Cl2NO2S2. The fourth-order valence-corrected chi connectivity index (χ4v) is 3.35. The zero-order valence-electron chi connectivity index (χ0n) is 10.8. The predicted molar refractivity (Wildman–Crippen MR) is 101 cm³/mol. The van der Waals surface area contributed by atoms with Crippen molar-refractivity contribution in [3.8, 4) is 6.07 Å². The van der Waals surface area contributed by atoms with Gasteiger partial charge < -0.3 is 4.74 Å². The minimum Gasteiger partial charge on any atom is -0.462 e. The van der Waals surface area contributed by atoms with Gasteiger partial charge in [-0.15, -0.1) is 25.3 Å². The SMILES string of the molecule is C=C(S)C(Cl)(Cl)/C(=C(\C#N)C(=O)OCC)C(Br)(Br)C(=C)S. The lowest BCUT2D eigenvalue weighted by atomic mass is 10.0. The van der Waals surface area contributed by atoms with Gasteiger partial charge >= 0.3 is 5.97 Å². The third-order valence-corrected chi connectivity index (χ3v) is 6.33. The van der Waals surface area contributed by atoms with Crippen LogP contribution in [0.2, 0.25) is 0 Å². The van der Waals surface area contributed by atoms with Crippen molar-refractivity contribution in [1.82, 2.24) is 0 Å². The molecule has 0 unspecified atom stereocenters. The predicted octanol–water partition coefficient (Wildman–Crippen LogP) is 4.92. The van der Waals surface area contributed by atoms with E-state index in [0.29, 0.717) is 0 Å². The van der Waals surface area contributed by atoms with Gasteiger partial charge in [0, 0.05) is 15.4 Å². The van der Waals surface area contributed by atoms with E-state index >= 15 is 0 Å². The van der Waals surface area contributed by atoms with Gasteiger partial charge in [-0.1, -0.05) is 68.2 Å². The standard InChI is InChI=1S/C12H11Br2Cl2NO2S2/c1-4-19-10(18)8(5-17)9(11(13,14)6(2)20)12(15,16)7(3)21/h20-21H,2-4H2,1H3/b9-8+. The molecule has 0 heterocycles. The molecule has 0 spiro atoms. The Hall–Kier alpha value is 0.420. The molecule has 3 nitrogen and oxygen atoms in total. The Bertz CT molecular complexity index is 526. The molecule has 0 aliphatic rings. The molecule has 116 valence electrons. The van der Waals surface area contributed by atoms with Crippen LogP contribution in [0.3, 0.4) is 0 Å². The fraction of sp³-hybridized carbons (Fsp3) is 0.333. The van der Waals surface area contributed by atoms with E-state index in [1.54, 1.807) is 13.0 Å². The van der Waals surface area contributed by atoms with Gasteiger partial charge in [-0.3, -0.25) is 0 Å². The van der Waals surface area contributed by atoms with Crippen molar-refractivity contribution in [2.24, 2.45) is 0 Å². The molecule has 0 N–H and O–H groups in total. The van der Waals surface area contributed by atoms with Crippen LogP contribution in [0.5, 0.6) is 0 Å². The second kappa shape index (κ2) is 8.32. The molecule has 0 rings (SSSR count). The van der Waals surface area contributed by atoms with E-state index in [0.717, 1.165) is 0 Å². The molecular weight excluding hydrogens is 485 g/mol. The minimum atomic E-state index is -1.85. The van der Waals surface area contributed by atoms with E-state index in [-0.39, 0.29) is 22.0 Å². The van der Waals surface area contributed by atoms with E-state index in [9.17, 15) is 10.1 Å². The van der Waals surface area contributed by atoms with Gasteiger partial charge in [0.05, 0.1) is 6.61 Å². The number of nitrogens with zero attached hydrogens (tertiary/aromatic N) is 1.